The average Bonchev–Trinajstić information content (AvgIpc) is 2.85. The van der Waals surface area contributed by atoms with Gasteiger partial charge < -0.3 is 15.4 Å². The minimum atomic E-state index is 0.416. The number of hydrogen-bond acceptors (Lipinski definition) is 4. The van der Waals surface area contributed by atoms with Gasteiger partial charge in [-0.25, -0.2) is 0 Å². The number of fused-ring (bicyclic) bond motifs is 1. The van der Waals surface area contributed by atoms with E-state index in [1.54, 1.807) is 0 Å². The fourth-order valence-electron chi connectivity index (χ4n) is 3.33. The van der Waals surface area contributed by atoms with Crippen molar-refractivity contribution in [3.63, 3.8) is 0 Å². The van der Waals surface area contributed by atoms with Crippen LogP contribution in [0.2, 0.25) is 0 Å². The molecule has 0 aromatic rings. The molecule has 0 amide bonds. The van der Waals surface area contributed by atoms with Crippen molar-refractivity contribution in [1.29, 1.82) is 0 Å². The van der Waals surface area contributed by atoms with Crippen LogP contribution < -0.4 is 10.6 Å². The van der Waals surface area contributed by atoms with Crippen LogP contribution in [-0.2, 0) is 4.74 Å². The summed E-state index contributed by atoms with van der Waals surface area (Å²) in [5.41, 5.74) is 0. The normalized spacial score (nSPS) is 36.0. The van der Waals surface area contributed by atoms with E-state index in [0.717, 1.165) is 38.8 Å². The molecule has 3 heterocycles. The van der Waals surface area contributed by atoms with Crippen LogP contribution in [0.25, 0.3) is 0 Å². The Labute approximate surface area is 104 Å². The van der Waals surface area contributed by atoms with E-state index in [0.29, 0.717) is 12.1 Å². The second-order valence-corrected chi connectivity index (χ2v) is 5.68. The zero-order chi connectivity index (χ0) is 11.5. The molecule has 98 valence electrons. The smallest absolute Gasteiger partial charge is 0.0827 e. The standard InChI is InChI=1S/C13H25N3O/c1-2-12-10-17-13(9-16(12)7-1)8-15-11-3-5-14-6-4-11/h11-15H,1-10H2. The third-order valence-corrected chi connectivity index (χ3v) is 4.43. The minimum absolute atomic E-state index is 0.416. The largest absolute Gasteiger partial charge is 0.374 e. The van der Waals surface area contributed by atoms with Crippen molar-refractivity contribution in [3.8, 4) is 0 Å². The third-order valence-electron chi connectivity index (χ3n) is 4.43. The number of rotatable bonds is 3. The van der Waals surface area contributed by atoms with E-state index in [1.165, 1.54) is 32.2 Å². The summed E-state index contributed by atoms with van der Waals surface area (Å²) in [5.74, 6) is 0. The van der Waals surface area contributed by atoms with E-state index >= 15 is 0 Å². The number of morpholine rings is 1. The predicted molar refractivity (Wildman–Crippen MR) is 68.2 cm³/mol. The molecule has 3 rings (SSSR count). The number of piperidine rings is 1. The Morgan fingerprint density at radius 2 is 2.12 bits per heavy atom. The Morgan fingerprint density at radius 1 is 1.24 bits per heavy atom. The Balaban J connectivity index is 1.40. The monoisotopic (exact) mass is 239 g/mol. The maximum absolute atomic E-state index is 5.96. The molecule has 0 radical (unpaired) electrons. The molecule has 3 aliphatic rings. The molecule has 0 bridgehead atoms. The highest BCUT2D eigenvalue weighted by Crippen LogP contribution is 2.22. The van der Waals surface area contributed by atoms with E-state index in [1.807, 2.05) is 0 Å². The summed E-state index contributed by atoms with van der Waals surface area (Å²) in [5, 5.41) is 7.08. The topological polar surface area (TPSA) is 36.5 Å². The van der Waals surface area contributed by atoms with Gasteiger partial charge in [0.1, 0.15) is 0 Å². The Hall–Kier alpha value is -0.160. The molecular formula is C13H25N3O. The Bertz CT molecular complexity index is 243. The highest BCUT2D eigenvalue weighted by Gasteiger charge is 2.32. The lowest BCUT2D eigenvalue weighted by molar-refractivity contribution is -0.0481. The molecule has 0 aliphatic carbocycles. The summed E-state index contributed by atoms with van der Waals surface area (Å²) in [6, 6.07) is 1.43. The van der Waals surface area contributed by atoms with E-state index < -0.39 is 0 Å². The molecule has 4 heteroatoms. The van der Waals surface area contributed by atoms with Gasteiger partial charge in [0, 0.05) is 25.2 Å². The highest BCUT2D eigenvalue weighted by molar-refractivity contribution is 4.86. The second kappa shape index (κ2) is 5.65. The molecule has 0 aromatic carbocycles. The number of ether oxygens (including phenoxy) is 1. The predicted octanol–water partition coefficient (Wildman–Crippen LogP) is 0.191. The van der Waals surface area contributed by atoms with Crippen LogP contribution in [0.5, 0.6) is 0 Å². The molecule has 2 unspecified atom stereocenters. The van der Waals surface area contributed by atoms with Crippen molar-refractivity contribution >= 4 is 0 Å². The summed E-state index contributed by atoms with van der Waals surface area (Å²) in [6.07, 6.45) is 5.65. The van der Waals surface area contributed by atoms with Crippen LogP contribution in [0.15, 0.2) is 0 Å². The average molecular weight is 239 g/mol. The van der Waals surface area contributed by atoms with E-state index in [9.17, 15) is 0 Å². The van der Waals surface area contributed by atoms with Gasteiger partial charge >= 0.3 is 0 Å². The molecule has 3 aliphatic heterocycles. The summed E-state index contributed by atoms with van der Waals surface area (Å²) in [6.45, 7) is 6.75. The number of nitrogens with zero attached hydrogens (tertiary/aromatic N) is 1. The minimum Gasteiger partial charge on any atom is -0.374 e. The molecule has 2 N–H and O–H groups in total. The van der Waals surface area contributed by atoms with Crippen LogP contribution in [0.4, 0.5) is 0 Å². The van der Waals surface area contributed by atoms with Gasteiger partial charge in [-0.05, 0) is 45.3 Å². The van der Waals surface area contributed by atoms with Crippen molar-refractivity contribution in [3.05, 3.63) is 0 Å². The first kappa shape index (κ1) is 11.9. The van der Waals surface area contributed by atoms with E-state index in [4.69, 9.17) is 4.74 Å². The van der Waals surface area contributed by atoms with Gasteiger partial charge in [0.05, 0.1) is 12.7 Å². The lowest BCUT2D eigenvalue weighted by Crippen LogP contribution is -2.51. The zero-order valence-corrected chi connectivity index (χ0v) is 10.7. The quantitative estimate of drug-likeness (QED) is 0.737. The lowest BCUT2D eigenvalue weighted by Gasteiger charge is -2.36. The fourth-order valence-corrected chi connectivity index (χ4v) is 3.33. The molecule has 4 nitrogen and oxygen atoms in total. The van der Waals surface area contributed by atoms with Crippen LogP contribution in [0, 0.1) is 0 Å². The van der Waals surface area contributed by atoms with Crippen LogP contribution in [0.1, 0.15) is 25.7 Å². The molecule has 2 atom stereocenters. The molecule has 0 saturated carbocycles. The third kappa shape index (κ3) is 2.99. The number of nitrogens with one attached hydrogen (secondary N) is 2. The van der Waals surface area contributed by atoms with Crippen molar-refractivity contribution in [2.75, 3.05) is 39.3 Å². The van der Waals surface area contributed by atoms with Crippen LogP contribution in [-0.4, -0.2) is 62.4 Å². The molecule has 0 spiro atoms. The van der Waals surface area contributed by atoms with Crippen molar-refractivity contribution in [2.45, 2.75) is 43.9 Å². The van der Waals surface area contributed by atoms with Gasteiger partial charge in [-0.3, -0.25) is 4.90 Å². The fraction of sp³-hybridized carbons (Fsp3) is 1.00. The summed E-state index contributed by atoms with van der Waals surface area (Å²) in [7, 11) is 0. The van der Waals surface area contributed by atoms with E-state index in [-0.39, 0.29) is 0 Å². The maximum Gasteiger partial charge on any atom is 0.0827 e. The lowest BCUT2D eigenvalue weighted by atomic mass is 10.1. The van der Waals surface area contributed by atoms with Crippen LogP contribution in [0.3, 0.4) is 0 Å². The first-order valence-corrected chi connectivity index (χ1v) is 7.21. The highest BCUT2D eigenvalue weighted by atomic mass is 16.5. The van der Waals surface area contributed by atoms with Crippen molar-refractivity contribution in [1.82, 2.24) is 15.5 Å². The Kier molecular flexibility index (Phi) is 3.96. The molecule has 17 heavy (non-hydrogen) atoms. The first-order chi connectivity index (χ1) is 8.42. The van der Waals surface area contributed by atoms with Gasteiger partial charge in [-0.15, -0.1) is 0 Å². The van der Waals surface area contributed by atoms with Crippen molar-refractivity contribution < 1.29 is 4.74 Å². The van der Waals surface area contributed by atoms with Gasteiger partial charge in [-0.1, -0.05) is 0 Å². The van der Waals surface area contributed by atoms with Gasteiger partial charge in [0.25, 0.3) is 0 Å². The van der Waals surface area contributed by atoms with Gasteiger partial charge in [-0.2, -0.15) is 0 Å². The molecule has 3 fully saturated rings. The van der Waals surface area contributed by atoms with Gasteiger partial charge in [0.15, 0.2) is 0 Å². The van der Waals surface area contributed by atoms with Gasteiger partial charge in [0.2, 0.25) is 0 Å². The SMILES string of the molecule is C1CC2COC(CNC3CCNCC3)CN2C1. The Morgan fingerprint density at radius 3 is 3.00 bits per heavy atom. The summed E-state index contributed by atoms with van der Waals surface area (Å²) in [4.78, 5) is 2.62. The maximum atomic E-state index is 5.96. The van der Waals surface area contributed by atoms with Crippen LogP contribution >= 0.6 is 0 Å². The summed E-state index contributed by atoms with van der Waals surface area (Å²) >= 11 is 0. The first-order valence-electron chi connectivity index (χ1n) is 7.21. The molecular weight excluding hydrogens is 214 g/mol. The van der Waals surface area contributed by atoms with Crippen molar-refractivity contribution in [2.24, 2.45) is 0 Å². The molecule has 3 saturated heterocycles. The van der Waals surface area contributed by atoms with E-state index in [2.05, 4.69) is 15.5 Å². The zero-order valence-electron chi connectivity index (χ0n) is 10.7. The number of hydrogen-bond donors (Lipinski definition) is 2. The molecule has 0 aromatic heterocycles. The second-order valence-electron chi connectivity index (χ2n) is 5.68. The summed E-state index contributed by atoms with van der Waals surface area (Å²) < 4.78 is 5.96.